The van der Waals surface area contributed by atoms with Crippen LogP contribution in [-0.4, -0.2) is 40.6 Å². The molecule has 152 valence electrons. The number of fused-ring (bicyclic) bond motifs is 2. The van der Waals surface area contributed by atoms with Crippen LogP contribution in [0.25, 0.3) is 16.9 Å². The fraction of sp³-hybridized carbons (Fsp3) is 0.333. The monoisotopic (exact) mass is 439 g/mol. The van der Waals surface area contributed by atoms with Crippen molar-refractivity contribution in [2.24, 2.45) is 0 Å². The highest BCUT2D eigenvalue weighted by Crippen LogP contribution is 2.39. The van der Waals surface area contributed by atoms with Crippen molar-refractivity contribution in [1.29, 1.82) is 0 Å². The largest absolute Gasteiger partial charge is 0.299 e. The molecule has 1 aliphatic heterocycles. The second kappa shape index (κ2) is 7.04. The van der Waals surface area contributed by atoms with E-state index in [1.54, 1.807) is 12.4 Å². The van der Waals surface area contributed by atoms with Gasteiger partial charge in [-0.15, -0.1) is 0 Å². The molecule has 30 heavy (non-hydrogen) atoms. The lowest BCUT2D eigenvalue weighted by Gasteiger charge is -2.26. The molecule has 0 bridgehead atoms. The molecule has 1 aliphatic carbocycles. The van der Waals surface area contributed by atoms with Gasteiger partial charge >= 0.3 is 0 Å². The SMILES string of the molecule is Clc1ccc(-c2nc3cnc(C4CC4)cn3c2CN2CCn3ncnc3C2)c(Cl)c1. The molecule has 0 atom stereocenters. The maximum Gasteiger partial charge on any atom is 0.156 e. The molecule has 1 aromatic carbocycles. The van der Waals surface area contributed by atoms with Gasteiger partial charge in [0.25, 0.3) is 0 Å². The Hall–Kier alpha value is -2.48. The van der Waals surface area contributed by atoms with Gasteiger partial charge in [-0.05, 0) is 31.0 Å². The molecule has 6 rings (SSSR count). The van der Waals surface area contributed by atoms with Crippen molar-refractivity contribution >= 4 is 28.8 Å². The molecule has 4 aromatic rings. The topological polar surface area (TPSA) is 64.1 Å². The summed E-state index contributed by atoms with van der Waals surface area (Å²) in [7, 11) is 0. The predicted molar refractivity (Wildman–Crippen MR) is 115 cm³/mol. The van der Waals surface area contributed by atoms with E-state index in [-0.39, 0.29) is 0 Å². The maximum absolute atomic E-state index is 6.57. The van der Waals surface area contributed by atoms with Gasteiger partial charge in [0.2, 0.25) is 0 Å². The third kappa shape index (κ3) is 3.17. The Kier molecular flexibility index (Phi) is 4.30. The zero-order chi connectivity index (χ0) is 20.2. The molecule has 0 saturated heterocycles. The van der Waals surface area contributed by atoms with Gasteiger partial charge in [0.15, 0.2) is 5.65 Å². The molecule has 7 nitrogen and oxygen atoms in total. The third-order valence-electron chi connectivity index (χ3n) is 5.87. The van der Waals surface area contributed by atoms with Gasteiger partial charge in [0, 0.05) is 35.8 Å². The van der Waals surface area contributed by atoms with Crippen LogP contribution >= 0.6 is 23.2 Å². The molecule has 2 aliphatic rings. The average Bonchev–Trinajstić information content (AvgIpc) is 3.39. The van der Waals surface area contributed by atoms with Crippen LogP contribution < -0.4 is 0 Å². The Morgan fingerprint density at radius 3 is 2.83 bits per heavy atom. The summed E-state index contributed by atoms with van der Waals surface area (Å²) in [4.78, 5) is 16.3. The summed E-state index contributed by atoms with van der Waals surface area (Å²) < 4.78 is 4.15. The first-order chi connectivity index (χ1) is 14.7. The van der Waals surface area contributed by atoms with Crippen LogP contribution in [0.15, 0.2) is 36.9 Å². The Morgan fingerprint density at radius 2 is 2.00 bits per heavy atom. The Labute approximate surface area is 183 Å². The van der Waals surface area contributed by atoms with Gasteiger partial charge < -0.3 is 0 Å². The second-order valence-electron chi connectivity index (χ2n) is 7.96. The zero-order valence-corrected chi connectivity index (χ0v) is 17.7. The molecule has 1 fully saturated rings. The summed E-state index contributed by atoms with van der Waals surface area (Å²) >= 11 is 12.7. The van der Waals surface area contributed by atoms with Crippen LogP contribution in [0, 0.1) is 0 Å². The zero-order valence-electron chi connectivity index (χ0n) is 16.2. The molecule has 3 aromatic heterocycles. The number of halogens is 2. The van der Waals surface area contributed by atoms with E-state index in [0.29, 0.717) is 16.0 Å². The van der Waals surface area contributed by atoms with Crippen LogP contribution in [0.1, 0.15) is 36.0 Å². The quantitative estimate of drug-likeness (QED) is 0.476. The molecular weight excluding hydrogens is 421 g/mol. The molecule has 0 amide bonds. The van der Waals surface area contributed by atoms with Crippen LogP contribution in [0.4, 0.5) is 0 Å². The van der Waals surface area contributed by atoms with Gasteiger partial charge in [0.05, 0.1) is 41.4 Å². The smallest absolute Gasteiger partial charge is 0.156 e. The Bertz CT molecular complexity index is 1260. The van der Waals surface area contributed by atoms with Crippen LogP contribution in [0.3, 0.4) is 0 Å². The Morgan fingerprint density at radius 1 is 1.10 bits per heavy atom. The molecule has 0 unspecified atom stereocenters. The van der Waals surface area contributed by atoms with Gasteiger partial charge in [-0.2, -0.15) is 5.10 Å². The van der Waals surface area contributed by atoms with E-state index in [4.69, 9.17) is 28.2 Å². The van der Waals surface area contributed by atoms with Crippen molar-refractivity contribution in [3.8, 4) is 11.3 Å². The van der Waals surface area contributed by atoms with Crippen molar-refractivity contribution in [2.45, 2.75) is 38.4 Å². The van der Waals surface area contributed by atoms with Crippen LogP contribution in [0.5, 0.6) is 0 Å². The van der Waals surface area contributed by atoms with Crippen molar-refractivity contribution in [3.05, 3.63) is 64.2 Å². The van der Waals surface area contributed by atoms with E-state index in [1.807, 2.05) is 23.0 Å². The number of hydrogen-bond donors (Lipinski definition) is 0. The number of aromatic nitrogens is 6. The number of benzene rings is 1. The lowest BCUT2D eigenvalue weighted by Crippen LogP contribution is -2.34. The molecule has 0 radical (unpaired) electrons. The number of nitrogens with zero attached hydrogens (tertiary/aromatic N) is 7. The summed E-state index contributed by atoms with van der Waals surface area (Å²) in [5.74, 6) is 1.56. The van der Waals surface area contributed by atoms with Crippen molar-refractivity contribution < 1.29 is 0 Å². The molecule has 4 heterocycles. The van der Waals surface area contributed by atoms with Crippen molar-refractivity contribution in [2.75, 3.05) is 6.54 Å². The first-order valence-electron chi connectivity index (χ1n) is 10.1. The summed E-state index contributed by atoms with van der Waals surface area (Å²) in [6, 6.07) is 5.56. The van der Waals surface area contributed by atoms with E-state index in [2.05, 4.69) is 30.6 Å². The summed E-state index contributed by atoms with van der Waals surface area (Å²) in [5, 5.41) is 5.50. The fourth-order valence-electron chi connectivity index (χ4n) is 4.12. The fourth-order valence-corrected chi connectivity index (χ4v) is 4.61. The molecular formula is C21H19Cl2N7. The second-order valence-corrected chi connectivity index (χ2v) is 8.80. The van der Waals surface area contributed by atoms with Crippen LogP contribution in [0.2, 0.25) is 10.0 Å². The predicted octanol–water partition coefficient (Wildman–Crippen LogP) is 4.19. The maximum atomic E-state index is 6.57. The number of hydrogen-bond acceptors (Lipinski definition) is 5. The standard InChI is InChI=1S/C21H19Cl2N7/c22-14-3-4-15(16(23)7-14)21-18(10-28-5-6-30-20(11-28)25-12-26-30)29-9-17(13-1-2-13)24-8-19(29)27-21/h3-4,7-9,12-13H,1-2,5-6,10-11H2. The highest BCUT2D eigenvalue weighted by molar-refractivity contribution is 6.36. The minimum atomic E-state index is 0.570. The van der Waals surface area contributed by atoms with E-state index in [1.165, 1.54) is 12.8 Å². The summed E-state index contributed by atoms with van der Waals surface area (Å²) in [6.45, 7) is 3.22. The average molecular weight is 440 g/mol. The molecule has 0 spiro atoms. The van der Waals surface area contributed by atoms with Crippen LogP contribution in [-0.2, 0) is 19.6 Å². The number of imidazole rings is 1. The first kappa shape index (κ1) is 18.3. The van der Waals surface area contributed by atoms with Gasteiger partial charge in [-0.1, -0.05) is 23.2 Å². The molecule has 1 saturated carbocycles. The minimum Gasteiger partial charge on any atom is -0.299 e. The van der Waals surface area contributed by atoms with Crippen molar-refractivity contribution in [1.82, 2.24) is 34.0 Å². The van der Waals surface area contributed by atoms with Gasteiger partial charge in [0.1, 0.15) is 12.2 Å². The summed E-state index contributed by atoms with van der Waals surface area (Å²) in [5.41, 5.74) is 4.82. The van der Waals surface area contributed by atoms with Gasteiger partial charge in [-0.25, -0.2) is 14.6 Å². The van der Waals surface area contributed by atoms with E-state index >= 15 is 0 Å². The highest BCUT2D eigenvalue weighted by atomic mass is 35.5. The summed E-state index contributed by atoms with van der Waals surface area (Å²) in [6.07, 6.45) is 8.06. The molecule has 9 heteroatoms. The van der Waals surface area contributed by atoms with Crippen molar-refractivity contribution in [3.63, 3.8) is 0 Å². The Balaban J connectivity index is 1.46. The van der Waals surface area contributed by atoms with E-state index in [9.17, 15) is 0 Å². The van der Waals surface area contributed by atoms with E-state index < -0.39 is 0 Å². The highest BCUT2D eigenvalue weighted by Gasteiger charge is 2.27. The third-order valence-corrected chi connectivity index (χ3v) is 6.42. The first-order valence-corrected chi connectivity index (χ1v) is 10.8. The number of rotatable bonds is 4. The minimum absolute atomic E-state index is 0.570. The molecule has 0 N–H and O–H groups in total. The lowest BCUT2D eigenvalue weighted by atomic mass is 10.1. The normalized spacial score (nSPS) is 16.9. The lowest BCUT2D eigenvalue weighted by molar-refractivity contribution is 0.199. The van der Waals surface area contributed by atoms with E-state index in [0.717, 1.165) is 60.3 Å². The van der Waals surface area contributed by atoms with Gasteiger partial charge in [-0.3, -0.25) is 14.3 Å².